The van der Waals surface area contributed by atoms with Gasteiger partial charge in [0.15, 0.2) is 0 Å². The normalized spacial score (nSPS) is 16.6. The number of amides is 2. The standard InChI is InChI=1S/C11H18N2O4/c1-2-5-12-11(16)13-6-3-9(4-7-13)17-8-10(14)15/h2,9H,1,3-8H2,(H,12,16)(H,14,15). The van der Waals surface area contributed by atoms with E-state index in [1.54, 1.807) is 11.0 Å². The molecule has 0 spiro atoms. The first-order valence-electron chi connectivity index (χ1n) is 5.60. The molecule has 6 nitrogen and oxygen atoms in total. The number of rotatable bonds is 5. The maximum atomic E-state index is 11.6. The molecule has 0 radical (unpaired) electrons. The van der Waals surface area contributed by atoms with Gasteiger partial charge in [-0.15, -0.1) is 6.58 Å². The van der Waals surface area contributed by atoms with Crippen molar-refractivity contribution in [2.45, 2.75) is 18.9 Å². The van der Waals surface area contributed by atoms with Gasteiger partial charge in [0, 0.05) is 19.6 Å². The van der Waals surface area contributed by atoms with Crippen molar-refractivity contribution in [1.29, 1.82) is 0 Å². The molecule has 1 aliphatic rings. The third kappa shape index (κ3) is 4.86. The molecule has 96 valence electrons. The minimum Gasteiger partial charge on any atom is -0.480 e. The Kier molecular flexibility index (Phi) is 5.48. The number of carboxylic acid groups (broad SMARTS) is 1. The highest BCUT2D eigenvalue weighted by Gasteiger charge is 2.23. The zero-order chi connectivity index (χ0) is 12.7. The molecule has 1 heterocycles. The smallest absolute Gasteiger partial charge is 0.329 e. The van der Waals surface area contributed by atoms with Gasteiger partial charge in [-0.2, -0.15) is 0 Å². The van der Waals surface area contributed by atoms with E-state index in [4.69, 9.17) is 9.84 Å². The molecule has 0 atom stereocenters. The van der Waals surface area contributed by atoms with E-state index in [0.29, 0.717) is 32.5 Å². The molecule has 1 rings (SSSR count). The van der Waals surface area contributed by atoms with E-state index >= 15 is 0 Å². The third-order valence-corrected chi connectivity index (χ3v) is 2.57. The number of hydrogen-bond donors (Lipinski definition) is 2. The summed E-state index contributed by atoms with van der Waals surface area (Å²) in [4.78, 5) is 23.6. The Morgan fingerprint density at radius 3 is 2.65 bits per heavy atom. The zero-order valence-electron chi connectivity index (χ0n) is 9.72. The van der Waals surface area contributed by atoms with Crippen LogP contribution in [-0.4, -0.2) is 54.4 Å². The summed E-state index contributed by atoms with van der Waals surface area (Å²) in [5.41, 5.74) is 0. The number of carboxylic acids is 1. The molecule has 0 unspecified atom stereocenters. The number of piperidine rings is 1. The van der Waals surface area contributed by atoms with Gasteiger partial charge in [-0.05, 0) is 12.8 Å². The summed E-state index contributed by atoms with van der Waals surface area (Å²) in [7, 11) is 0. The molecule has 17 heavy (non-hydrogen) atoms. The Hall–Kier alpha value is -1.56. The largest absolute Gasteiger partial charge is 0.480 e. The van der Waals surface area contributed by atoms with Crippen LogP contribution in [0, 0.1) is 0 Å². The molecule has 1 saturated heterocycles. The van der Waals surface area contributed by atoms with Crippen LogP contribution in [0.1, 0.15) is 12.8 Å². The van der Waals surface area contributed by atoms with Gasteiger partial charge < -0.3 is 20.1 Å². The SMILES string of the molecule is C=CCNC(=O)N1CCC(OCC(=O)O)CC1. The molecule has 1 aliphatic heterocycles. The molecule has 0 saturated carbocycles. The fourth-order valence-electron chi connectivity index (χ4n) is 1.69. The number of hydrogen-bond acceptors (Lipinski definition) is 3. The fourth-order valence-corrected chi connectivity index (χ4v) is 1.69. The average Bonchev–Trinajstić information content (AvgIpc) is 2.34. The van der Waals surface area contributed by atoms with Gasteiger partial charge in [-0.25, -0.2) is 9.59 Å². The van der Waals surface area contributed by atoms with Gasteiger partial charge in [0.05, 0.1) is 6.10 Å². The summed E-state index contributed by atoms with van der Waals surface area (Å²) in [5, 5.41) is 11.2. The van der Waals surface area contributed by atoms with Crippen LogP contribution in [0.5, 0.6) is 0 Å². The second-order valence-corrected chi connectivity index (χ2v) is 3.87. The number of ether oxygens (including phenoxy) is 1. The van der Waals surface area contributed by atoms with Crippen molar-refractivity contribution in [3.63, 3.8) is 0 Å². The highest BCUT2D eigenvalue weighted by molar-refractivity contribution is 5.74. The monoisotopic (exact) mass is 242 g/mol. The molecular formula is C11H18N2O4. The van der Waals surface area contributed by atoms with Crippen LogP contribution in [0.2, 0.25) is 0 Å². The number of nitrogens with zero attached hydrogens (tertiary/aromatic N) is 1. The summed E-state index contributed by atoms with van der Waals surface area (Å²) in [6.07, 6.45) is 2.92. The van der Waals surface area contributed by atoms with Crippen LogP contribution in [-0.2, 0) is 9.53 Å². The van der Waals surface area contributed by atoms with Crippen molar-refractivity contribution >= 4 is 12.0 Å². The van der Waals surface area contributed by atoms with Gasteiger partial charge in [0.25, 0.3) is 0 Å². The van der Waals surface area contributed by atoms with Crippen LogP contribution >= 0.6 is 0 Å². The van der Waals surface area contributed by atoms with Crippen LogP contribution in [0.15, 0.2) is 12.7 Å². The maximum absolute atomic E-state index is 11.6. The van der Waals surface area contributed by atoms with Crippen molar-refractivity contribution in [1.82, 2.24) is 10.2 Å². The zero-order valence-corrected chi connectivity index (χ0v) is 9.72. The number of likely N-dealkylation sites (tertiary alicyclic amines) is 1. The van der Waals surface area contributed by atoms with Gasteiger partial charge in [0.1, 0.15) is 6.61 Å². The summed E-state index contributed by atoms with van der Waals surface area (Å²) in [6.45, 7) is 4.89. The number of nitrogens with one attached hydrogen (secondary N) is 1. The van der Waals surface area contributed by atoms with Crippen molar-refractivity contribution in [2.75, 3.05) is 26.2 Å². The second kappa shape index (κ2) is 6.90. The van der Waals surface area contributed by atoms with Crippen molar-refractivity contribution in [3.05, 3.63) is 12.7 Å². The van der Waals surface area contributed by atoms with Crippen LogP contribution in [0.4, 0.5) is 4.79 Å². The minimum atomic E-state index is -0.962. The molecule has 2 N–H and O–H groups in total. The average molecular weight is 242 g/mol. The topological polar surface area (TPSA) is 78.9 Å². The fraction of sp³-hybridized carbons (Fsp3) is 0.636. The summed E-state index contributed by atoms with van der Waals surface area (Å²) >= 11 is 0. The van der Waals surface area contributed by atoms with E-state index in [2.05, 4.69) is 11.9 Å². The van der Waals surface area contributed by atoms with Gasteiger partial charge in [-0.3, -0.25) is 0 Å². The number of aliphatic carboxylic acids is 1. The molecule has 0 aliphatic carbocycles. The Bertz CT molecular complexity index is 285. The molecule has 0 aromatic rings. The lowest BCUT2D eigenvalue weighted by atomic mass is 10.1. The molecule has 0 aromatic carbocycles. The van der Waals surface area contributed by atoms with Crippen LogP contribution in [0.25, 0.3) is 0 Å². The third-order valence-electron chi connectivity index (χ3n) is 2.57. The van der Waals surface area contributed by atoms with Gasteiger partial charge in [-0.1, -0.05) is 6.08 Å². The summed E-state index contributed by atoms with van der Waals surface area (Å²) in [5.74, 6) is -0.962. The van der Waals surface area contributed by atoms with E-state index in [0.717, 1.165) is 0 Å². The molecule has 1 fully saturated rings. The number of carbonyl (C=O) groups is 2. The van der Waals surface area contributed by atoms with E-state index in [1.165, 1.54) is 0 Å². The lowest BCUT2D eigenvalue weighted by Gasteiger charge is -2.31. The number of urea groups is 1. The van der Waals surface area contributed by atoms with Gasteiger partial charge >= 0.3 is 12.0 Å². The van der Waals surface area contributed by atoms with Gasteiger partial charge in [0.2, 0.25) is 0 Å². The Morgan fingerprint density at radius 1 is 1.47 bits per heavy atom. The molecule has 6 heteroatoms. The van der Waals surface area contributed by atoms with E-state index in [1.807, 2.05) is 0 Å². The molecular weight excluding hydrogens is 224 g/mol. The second-order valence-electron chi connectivity index (χ2n) is 3.87. The van der Waals surface area contributed by atoms with Crippen LogP contribution < -0.4 is 5.32 Å². The van der Waals surface area contributed by atoms with E-state index in [9.17, 15) is 9.59 Å². The highest BCUT2D eigenvalue weighted by Crippen LogP contribution is 2.13. The van der Waals surface area contributed by atoms with Crippen molar-refractivity contribution in [2.24, 2.45) is 0 Å². The first-order valence-corrected chi connectivity index (χ1v) is 5.60. The van der Waals surface area contributed by atoms with Crippen molar-refractivity contribution < 1.29 is 19.4 Å². The lowest BCUT2D eigenvalue weighted by Crippen LogP contribution is -2.46. The summed E-state index contributed by atoms with van der Waals surface area (Å²) < 4.78 is 5.18. The Morgan fingerprint density at radius 2 is 2.12 bits per heavy atom. The van der Waals surface area contributed by atoms with E-state index < -0.39 is 5.97 Å². The Balaban J connectivity index is 2.23. The Labute approximate surface area is 100 Å². The quantitative estimate of drug-likeness (QED) is 0.686. The van der Waals surface area contributed by atoms with Crippen LogP contribution in [0.3, 0.4) is 0 Å². The molecule has 0 aromatic heterocycles. The minimum absolute atomic E-state index is 0.0606. The number of carbonyl (C=O) groups excluding carboxylic acids is 1. The van der Waals surface area contributed by atoms with Crippen molar-refractivity contribution in [3.8, 4) is 0 Å². The van der Waals surface area contributed by atoms with E-state index in [-0.39, 0.29) is 18.7 Å². The first kappa shape index (κ1) is 13.5. The first-order chi connectivity index (χ1) is 8.13. The predicted molar refractivity (Wildman–Crippen MR) is 61.8 cm³/mol. The predicted octanol–water partition coefficient (Wildman–Crippen LogP) is 0.448. The molecule has 0 bridgehead atoms. The maximum Gasteiger partial charge on any atom is 0.329 e. The highest BCUT2D eigenvalue weighted by atomic mass is 16.5. The summed E-state index contributed by atoms with van der Waals surface area (Å²) in [6, 6.07) is -0.110. The molecule has 2 amide bonds. The lowest BCUT2D eigenvalue weighted by molar-refractivity contribution is -0.145.